The van der Waals surface area contributed by atoms with Crippen molar-refractivity contribution in [2.45, 2.75) is 83.7 Å². The molecule has 0 spiro atoms. The maximum atomic E-state index is 12.8. The molecule has 0 atom stereocenters. The van der Waals surface area contributed by atoms with Crippen LogP contribution in [0.15, 0.2) is 11.9 Å². The zero-order valence-corrected chi connectivity index (χ0v) is 14.8. The molecule has 0 unspecified atom stereocenters. The van der Waals surface area contributed by atoms with Crippen molar-refractivity contribution in [3.05, 3.63) is 11.9 Å². The Morgan fingerprint density at radius 1 is 1.12 bits per heavy atom. The third kappa shape index (κ3) is 5.92. The van der Waals surface area contributed by atoms with E-state index in [0.717, 1.165) is 63.7 Å². The van der Waals surface area contributed by atoms with Gasteiger partial charge in [-0.25, -0.2) is 0 Å². The Kier molecular flexibility index (Phi) is 7.75. The van der Waals surface area contributed by atoms with Crippen LogP contribution in [0.5, 0.6) is 0 Å². The highest BCUT2D eigenvalue weighted by molar-refractivity contribution is 5.72. The summed E-state index contributed by atoms with van der Waals surface area (Å²) < 4.78 is 18.5. The van der Waals surface area contributed by atoms with E-state index >= 15 is 0 Å². The van der Waals surface area contributed by atoms with E-state index in [9.17, 15) is 9.18 Å². The number of hydrogen-bond acceptors (Lipinski definition) is 3. The lowest BCUT2D eigenvalue weighted by Gasteiger charge is -2.31. The molecule has 3 nitrogen and oxygen atoms in total. The maximum absolute atomic E-state index is 12.8. The van der Waals surface area contributed by atoms with Gasteiger partial charge in [0.15, 0.2) is 5.83 Å². The van der Waals surface area contributed by atoms with E-state index in [1.54, 1.807) is 0 Å². The summed E-state index contributed by atoms with van der Waals surface area (Å²) in [7, 11) is 0. The van der Waals surface area contributed by atoms with Crippen molar-refractivity contribution in [1.82, 2.24) is 0 Å². The molecule has 0 heterocycles. The number of allylic oxidation sites excluding steroid dienone is 2. The number of nitriles is 1. The fourth-order valence-corrected chi connectivity index (χ4v) is 4.10. The van der Waals surface area contributed by atoms with E-state index in [2.05, 4.69) is 6.92 Å². The second kappa shape index (κ2) is 9.81. The highest BCUT2D eigenvalue weighted by Gasteiger charge is 2.30. The molecule has 4 heteroatoms. The molecule has 0 amide bonds. The SMILES string of the molecule is CCC1CCC(C(=O)OC2CCC(CCC=C(F)C#N)CC2)CC1. The molecule has 2 saturated carbocycles. The van der Waals surface area contributed by atoms with E-state index < -0.39 is 5.83 Å². The number of nitrogens with zero attached hydrogens (tertiary/aromatic N) is 1. The van der Waals surface area contributed by atoms with E-state index in [1.165, 1.54) is 18.6 Å². The quantitative estimate of drug-likeness (QED) is 0.478. The molecular weight excluding hydrogens is 305 g/mol. The number of esters is 1. The smallest absolute Gasteiger partial charge is 0.309 e. The Balaban J connectivity index is 1.64. The van der Waals surface area contributed by atoms with Crippen LogP contribution in [0.25, 0.3) is 0 Å². The predicted octanol–water partition coefficient (Wildman–Crippen LogP) is 5.46. The van der Waals surface area contributed by atoms with Gasteiger partial charge in [0.1, 0.15) is 12.2 Å². The molecule has 2 aliphatic carbocycles. The Morgan fingerprint density at radius 3 is 2.33 bits per heavy atom. The molecule has 0 radical (unpaired) electrons. The fraction of sp³-hybridized carbons (Fsp3) is 0.800. The monoisotopic (exact) mass is 335 g/mol. The van der Waals surface area contributed by atoms with Crippen LogP contribution in [0, 0.1) is 29.1 Å². The molecule has 0 aromatic heterocycles. The Morgan fingerprint density at radius 2 is 1.75 bits per heavy atom. The first-order valence-corrected chi connectivity index (χ1v) is 9.58. The van der Waals surface area contributed by atoms with Gasteiger partial charge in [-0.3, -0.25) is 4.79 Å². The summed E-state index contributed by atoms with van der Waals surface area (Å²) in [6.45, 7) is 2.23. The van der Waals surface area contributed by atoms with Crippen LogP contribution in [0.3, 0.4) is 0 Å². The Hall–Kier alpha value is -1.37. The van der Waals surface area contributed by atoms with Crippen molar-refractivity contribution >= 4 is 5.97 Å². The van der Waals surface area contributed by atoms with Crippen LogP contribution in [0.4, 0.5) is 4.39 Å². The number of ether oxygens (including phenoxy) is 1. The number of rotatable bonds is 6. The minimum atomic E-state index is -0.685. The second-order valence-corrected chi connectivity index (χ2v) is 7.45. The summed E-state index contributed by atoms with van der Waals surface area (Å²) in [4.78, 5) is 12.3. The number of carbonyl (C=O) groups excluding carboxylic acids is 1. The van der Waals surface area contributed by atoms with E-state index in [0.29, 0.717) is 12.3 Å². The lowest BCUT2D eigenvalue weighted by Crippen LogP contribution is -2.30. The summed E-state index contributed by atoms with van der Waals surface area (Å²) >= 11 is 0. The lowest BCUT2D eigenvalue weighted by molar-refractivity contribution is -0.157. The molecular formula is C20H30FNO2. The highest BCUT2D eigenvalue weighted by atomic mass is 19.1. The van der Waals surface area contributed by atoms with Crippen LogP contribution in [-0.2, 0) is 9.53 Å². The number of hydrogen-bond donors (Lipinski definition) is 0. The second-order valence-electron chi connectivity index (χ2n) is 7.45. The maximum Gasteiger partial charge on any atom is 0.309 e. The topological polar surface area (TPSA) is 50.1 Å². The minimum Gasteiger partial charge on any atom is -0.462 e. The van der Waals surface area contributed by atoms with Gasteiger partial charge in [-0.2, -0.15) is 9.65 Å². The zero-order chi connectivity index (χ0) is 17.4. The van der Waals surface area contributed by atoms with E-state index in [-0.39, 0.29) is 18.0 Å². The van der Waals surface area contributed by atoms with Gasteiger partial charge < -0.3 is 4.74 Å². The van der Waals surface area contributed by atoms with Crippen LogP contribution < -0.4 is 0 Å². The van der Waals surface area contributed by atoms with Crippen molar-refractivity contribution in [2.24, 2.45) is 17.8 Å². The highest BCUT2D eigenvalue weighted by Crippen LogP contribution is 2.34. The summed E-state index contributed by atoms with van der Waals surface area (Å²) in [6.07, 6.45) is 12.4. The average molecular weight is 335 g/mol. The zero-order valence-electron chi connectivity index (χ0n) is 14.8. The van der Waals surface area contributed by atoms with Crippen LogP contribution >= 0.6 is 0 Å². The molecule has 0 N–H and O–H groups in total. The first kappa shape index (κ1) is 19.0. The first-order valence-electron chi connectivity index (χ1n) is 9.58. The van der Waals surface area contributed by atoms with E-state index in [1.807, 2.05) is 0 Å². The van der Waals surface area contributed by atoms with Gasteiger partial charge >= 0.3 is 5.97 Å². The third-order valence-electron chi connectivity index (χ3n) is 5.84. The molecule has 2 aliphatic rings. The van der Waals surface area contributed by atoms with Gasteiger partial charge in [0, 0.05) is 0 Å². The average Bonchev–Trinajstić information content (AvgIpc) is 2.63. The van der Waals surface area contributed by atoms with Gasteiger partial charge in [-0.1, -0.05) is 13.3 Å². The lowest BCUT2D eigenvalue weighted by atomic mass is 9.80. The van der Waals surface area contributed by atoms with Gasteiger partial charge in [0.25, 0.3) is 0 Å². The van der Waals surface area contributed by atoms with Crippen LogP contribution in [0.2, 0.25) is 0 Å². The summed E-state index contributed by atoms with van der Waals surface area (Å²) in [5.41, 5.74) is 0. The number of carbonyl (C=O) groups is 1. The standard InChI is InChI=1S/C20H30FNO2/c1-2-15-6-10-17(11-7-15)20(23)24-19-12-8-16(9-13-19)4-3-5-18(21)14-22/h5,15-17,19H,2-4,6-13H2,1H3. The third-order valence-corrected chi connectivity index (χ3v) is 5.84. The van der Waals surface area contributed by atoms with Gasteiger partial charge in [0.2, 0.25) is 0 Å². The summed E-state index contributed by atoms with van der Waals surface area (Å²) in [5, 5.41) is 8.38. The Labute approximate surface area is 145 Å². The van der Waals surface area contributed by atoms with Gasteiger partial charge in [-0.15, -0.1) is 0 Å². The van der Waals surface area contributed by atoms with Crippen molar-refractivity contribution in [1.29, 1.82) is 5.26 Å². The molecule has 2 fully saturated rings. The Bertz CT molecular complexity index is 467. The summed E-state index contributed by atoms with van der Waals surface area (Å²) in [6, 6.07) is 1.51. The predicted molar refractivity (Wildman–Crippen MR) is 91.6 cm³/mol. The van der Waals surface area contributed by atoms with E-state index in [4.69, 9.17) is 10.00 Å². The first-order chi connectivity index (χ1) is 11.6. The summed E-state index contributed by atoms with van der Waals surface area (Å²) in [5.74, 6) is 0.805. The fourth-order valence-electron chi connectivity index (χ4n) is 4.10. The van der Waals surface area contributed by atoms with Crippen molar-refractivity contribution in [3.8, 4) is 6.07 Å². The van der Waals surface area contributed by atoms with Crippen LogP contribution in [-0.4, -0.2) is 12.1 Å². The van der Waals surface area contributed by atoms with Crippen molar-refractivity contribution < 1.29 is 13.9 Å². The van der Waals surface area contributed by atoms with Gasteiger partial charge in [-0.05, 0) is 82.1 Å². The van der Waals surface area contributed by atoms with Gasteiger partial charge in [0.05, 0.1) is 5.92 Å². The molecule has 0 aromatic rings. The minimum absolute atomic E-state index is 0.0204. The molecule has 24 heavy (non-hydrogen) atoms. The molecule has 0 bridgehead atoms. The normalized spacial score (nSPS) is 31.3. The largest absolute Gasteiger partial charge is 0.462 e. The molecule has 0 saturated heterocycles. The van der Waals surface area contributed by atoms with Crippen LogP contribution in [0.1, 0.15) is 77.6 Å². The van der Waals surface area contributed by atoms with Crippen molar-refractivity contribution in [3.63, 3.8) is 0 Å². The molecule has 0 aliphatic heterocycles. The molecule has 134 valence electrons. The molecule has 2 rings (SSSR count). The van der Waals surface area contributed by atoms with Crippen molar-refractivity contribution in [2.75, 3.05) is 0 Å². The number of halogens is 1. The molecule has 0 aromatic carbocycles.